The van der Waals surface area contributed by atoms with Gasteiger partial charge < -0.3 is 9.64 Å². The lowest BCUT2D eigenvalue weighted by atomic mass is 10.1. The molecule has 0 spiro atoms. The van der Waals surface area contributed by atoms with Gasteiger partial charge in [-0.2, -0.15) is 0 Å². The molecule has 0 aliphatic rings. The molecular weight excluding hydrogens is 250 g/mol. The molecule has 0 saturated carbocycles. The zero-order chi connectivity index (χ0) is 15.3. The van der Waals surface area contributed by atoms with Gasteiger partial charge in [0.1, 0.15) is 5.75 Å². The molecule has 0 aliphatic carbocycles. The summed E-state index contributed by atoms with van der Waals surface area (Å²) in [5.74, 6) is 0.679. The molecule has 0 N–H and O–H groups in total. The van der Waals surface area contributed by atoms with Gasteiger partial charge in [-0.3, -0.25) is 4.79 Å². The van der Waals surface area contributed by atoms with Crippen molar-refractivity contribution in [1.29, 1.82) is 0 Å². The first-order valence-electron chi connectivity index (χ1n) is 7.44. The number of aldehydes is 1. The molecule has 0 bridgehead atoms. The largest absolute Gasteiger partial charge is 0.490 e. The van der Waals surface area contributed by atoms with Gasteiger partial charge in [0.15, 0.2) is 6.29 Å². The first-order chi connectivity index (χ1) is 9.40. The third-order valence-electron chi connectivity index (χ3n) is 3.44. The first kappa shape index (κ1) is 16.5. The fraction of sp³-hybridized carbons (Fsp3) is 0.588. The number of carbonyl (C=O) groups excluding carboxylic acids is 1. The van der Waals surface area contributed by atoms with E-state index >= 15 is 0 Å². The van der Waals surface area contributed by atoms with E-state index in [9.17, 15) is 4.79 Å². The van der Waals surface area contributed by atoms with Crippen molar-refractivity contribution in [2.24, 2.45) is 0 Å². The van der Waals surface area contributed by atoms with Crippen LogP contribution in [0.2, 0.25) is 0 Å². The molecule has 0 aliphatic heterocycles. The smallest absolute Gasteiger partial charge is 0.153 e. The van der Waals surface area contributed by atoms with Crippen molar-refractivity contribution in [3.8, 4) is 5.75 Å². The van der Waals surface area contributed by atoms with Crippen LogP contribution < -0.4 is 9.64 Å². The van der Waals surface area contributed by atoms with E-state index in [-0.39, 0.29) is 6.10 Å². The number of nitrogens with zero attached hydrogens (tertiary/aromatic N) is 1. The summed E-state index contributed by atoms with van der Waals surface area (Å²) in [6, 6.07) is 6.61. The molecule has 1 unspecified atom stereocenters. The predicted octanol–water partition coefficient (Wildman–Crippen LogP) is 4.30. The van der Waals surface area contributed by atoms with Gasteiger partial charge in [-0.25, -0.2) is 0 Å². The Hall–Kier alpha value is -1.51. The van der Waals surface area contributed by atoms with Crippen molar-refractivity contribution < 1.29 is 9.53 Å². The van der Waals surface area contributed by atoms with E-state index < -0.39 is 0 Å². The van der Waals surface area contributed by atoms with E-state index in [2.05, 4.69) is 39.5 Å². The monoisotopic (exact) mass is 277 g/mol. The summed E-state index contributed by atoms with van der Waals surface area (Å²) in [5.41, 5.74) is 1.71. The van der Waals surface area contributed by atoms with Gasteiger partial charge in [0, 0.05) is 23.8 Å². The average molecular weight is 277 g/mol. The van der Waals surface area contributed by atoms with Gasteiger partial charge >= 0.3 is 0 Å². The Morgan fingerprint density at radius 2 is 1.75 bits per heavy atom. The van der Waals surface area contributed by atoms with Crippen LogP contribution in [0, 0.1) is 0 Å². The highest BCUT2D eigenvalue weighted by Crippen LogP contribution is 2.28. The summed E-state index contributed by atoms with van der Waals surface area (Å²) in [6.45, 7) is 12.8. The molecule has 1 aromatic carbocycles. The van der Waals surface area contributed by atoms with Crippen LogP contribution in [0.5, 0.6) is 5.75 Å². The molecule has 0 heterocycles. The Balaban J connectivity index is 3.16. The molecule has 1 rings (SSSR count). The molecule has 0 radical (unpaired) electrons. The number of ether oxygens (including phenoxy) is 1. The summed E-state index contributed by atoms with van der Waals surface area (Å²) >= 11 is 0. The van der Waals surface area contributed by atoms with Crippen LogP contribution in [0.3, 0.4) is 0 Å². The van der Waals surface area contributed by atoms with Gasteiger partial charge in [-0.1, -0.05) is 6.92 Å². The van der Waals surface area contributed by atoms with Gasteiger partial charge in [0.25, 0.3) is 0 Å². The predicted molar refractivity (Wildman–Crippen MR) is 85.0 cm³/mol. The van der Waals surface area contributed by atoms with Crippen LogP contribution in [0.25, 0.3) is 0 Å². The minimum absolute atomic E-state index is 0.107. The number of benzene rings is 1. The van der Waals surface area contributed by atoms with Crippen molar-refractivity contribution in [3.05, 3.63) is 23.8 Å². The first-order valence-corrected chi connectivity index (χ1v) is 7.44. The quantitative estimate of drug-likeness (QED) is 0.696. The highest BCUT2D eigenvalue weighted by atomic mass is 16.5. The lowest BCUT2D eigenvalue weighted by molar-refractivity contribution is 0.111. The van der Waals surface area contributed by atoms with E-state index in [0.29, 0.717) is 23.4 Å². The number of hydrogen-bond donors (Lipinski definition) is 0. The van der Waals surface area contributed by atoms with Crippen LogP contribution in [-0.4, -0.2) is 24.5 Å². The van der Waals surface area contributed by atoms with E-state index in [0.717, 1.165) is 18.4 Å². The normalized spacial score (nSPS) is 12.6. The summed E-state index contributed by atoms with van der Waals surface area (Å²) in [4.78, 5) is 13.5. The Labute approximate surface area is 122 Å². The minimum atomic E-state index is 0.107. The minimum Gasteiger partial charge on any atom is -0.490 e. The molecule has 3 nitrogen and oxygen atoms in total. The Morgan fingerprint density at radius 1 is 1.15 bits per heavy atom. The SMILES string of the molecule is CCC(C)Oc1cc(N(C(C)C)C(C)C)ccc1C=O. The van der Waals surface area contributed by atoms with Crippen molar-refractivity contribution in [2.45, 2.75) is 66.2 Å². The summed E-state index contributed by atoms with van der Waals surface area (Å²) in [5, 5.41) is 0. The summed E-state index contributed by atoms with van der Waals surface area (Å²) in [6.07, 6.45) is 1.88. The second-order valence-corrected chi connectivity index (χ2v) is 5.77. The maximum atomic E-state index is 11.2. The molecule has 20 heavy (non-hydrogen) atoms. The lowest BCUT2D eigenvalue weighted by Gasteiger charge is -2.33. The zero-order valence-electron chi connectivity index (χ0n) is 13.5. The van der Waals surface area contributed by atoms with Gasteiger partial charge in [0.2, 0.25) is 0 Å². The highest BCUT2D eigenvalue weighted by Gasteiger charge is 2.16. The molecule has 1 aromatic rings. The zero-order valence-corrected chi connectivity index (χ0v) is 13.5. The number of rotatable bonds is 7. The average Bonchev–Trinajstić information content (AvgIpc) is 2.38. The van der Waals surface area contributed by atoms with E-state index in [1.54, 1.807) is 0 Å². The standard InChI is InChI=1S/C17H27NO2/c1-7-14(6)20-17-10-16(9-8-15(17)11-19)18(12(2)3)13(4)5/h8-14H,7H2,1-6H3. The second kappa shape index (κ2) is 7.32. The second-order valence-electron chi connectivity index (χ2n) is 5.77. The maximum absolute atomic E-state index is 11.2. The fourth-order valence-corrected chi connectivity index (χ4v) is 2.38. The van der Waals surface area contributed by atoms with Crippen molar-refractivity contribution in [1.82, 2.24) is 0 Å². The molecule has 0 amide bonds. The van der Waals surface area contributed by atoms with Crippen LogP contribution in [0.15, 0.2) is 18.2 Å². The molecule has 0 aromatic heterocycles. The highest BCUT2D eigenvalue weighted by molar-refractivity contribution is 5.81. The topological polar surface area (TPSA) is 29.5 Å². The lowest BCUT2D eigenvalue weighted by Crippen LogP contribution is -2.37. The van der Waals surface area contributed by atoms with Crippen molar-refractivity contribution in [3.63, 3.8) is 0 Å². The fourth-order valence-electron chi connectivity index (χ4n) is 2.38. The third-order valence-corrected chi connectivity index (χ3v) is 3.44. The van der Waals surface area contributed by atoms with Gasteiger partial charge in [-0.05, 0) is 53.2 Å². The molecule has 112 valence electrons. The van der Waals surface area contributed by atoms with Crippen LogP contribution in [0.4, 0.5) is 5.69 Å². The van der Waals surface area contributed by atoms with E-state index in [4.69, 9.17) is 4.74 Å². The summed E-state index contributed by atoms with van der Waals surface area (Å²) < 4.78 is 5.88. The van der Waals surface area contributed by atoms with Crippen LogP contribution >= 0.6 is 0 Å². The Bertz CT molecular complexity index is 433. The van der Waals surface area contributed by atoms with Crippen LogP contribution in [0.1, 0.15) is 58.3 Å². The number of carbonyl (C=O) groups is 1. The van der Waals surface area contributed by atoms with Crippen LogP contribution in [-0.2, 0) is 0 Å². The molecular formula is C17H27NO2. The Kier molecular flexibility index (Phi) is 6.05. The molecule has 1 atom stereocenters. The number of anilines is 1. The summed E-state index contributed by atoms with van der Waals surface area (Å²) in [7, 11) is 0. The van der Waals surface area contributed by atoms with Crippen molar-refractivity contribution >= 4 is 12.0 Å². The maximum Gasteiger partial charge on any atom is 0.153 e. The third kappa shape index (κ3) is 3.99. The molecule has 0 fully saturated rings. The molecule has 3 heteroatoms. The van der Waals surface area contributed by atoms with E-state index in [1.165, 1.54) is 0 Å². The van der Waals surface area contributed by atoms with E-state index in [1.807, 2.05) is 25.1 Å². The number of hydrogen-bond acceptors (Lipinski definition) is 3. The van der Waals surface area contributed by atoms with Gasteiger partial charge in [0.05, 0.1) is 11.7 Å². The molecule has 0 saturated heterocycles. The van der Waals surface area contributed by atoms with Gasteiger partial charge in [-0.15, -0.1) is 0 Å². The Morgan fingerprint density at radius 3 is 2.20 bits per heavy atom. The van der Waals surface area contributed by atoms with Crippen molar-refractivity contribution in [2.75, 3.05) is 4.90 Å².